The van der Waals surface area contributed by atoms with Gasteiger partial charge in [0.05, 0.1) is 12.3 Å². The van der Waals surface area contributed by atoms with Gasteiger partial charge < -0.3 is 9.64 Å². The SMILES string of the molecule is CCOC(=O)c1cc([C@H](C)CC)n(-c2ccc(C(=O)N(C)Cc3ccccc3)cc2)n1. The Labute approximate surface area is 183 Å². The largest absolute Gasteiger partial charge is 0.461 e. The third kappa shape index (κ3) is 5.20. The molecule has 1 heterocycles. The molecule has 2 aromatic carbocycles. The zero-order valence-electron chi connectivity index (χ0n) is 18.5. The number of hydrogen-bond donors (Lipinski definition) is 0. The Kier molecular flexibility index (Phi) is 7.23. The van der Waals surface area contributed by atoms with E-state index in [9.17, 15) is 9.59 Å². The molecule has 0 saturated heterocycles. The van der Waals surface area contributed by atoms with E-state index >= 15 is 0 Å². The lowest BCUT2D eigenvalue weighted by atomic mass is 10.0. The second-order valence-electron chi connectivity index (χ2n) is 7.59. The molecule has 1 amide bonds. The molecule has 0 aliphatic heterocycles. The zero-order chi connectivity index (χ0) is 22.4. The van der Waals surface area contributed by atoms with Crippen LogP contribution in [0, 0.1) is 0 Å². The van der Waals surface area contributed by atoms with Gasteiger partial charge >= 0.3 is 5.97 Å². The Morgan fingerprint density at radius 3 is 2.35 bits per heavy atom. The summed E-state index contributed by atoms with van der Waals surface area (Å²) in [4.78, 5) is 26.7. The first kappa shape index (κ1) is 22.3. The third-order valence-corrected chi connectivity index (χ3v) is 5.31. The van der Waals surface area contributed by atoms with E-state index in [1.165, 1.54) is 0 Å². The summed E-state index contributed by atoms with van der Waals surface area (Å²) in [6.45, 7) is 6.81. The standard InChI is InChI=1S/C25H29N3O3/c1-5-18(3)23-16-22(25(30)31-6-2)26-28(23)21-14-12-20(13-15-21)24(29)27(4)17-19-10-8-7-9-11-19/h7-16,18H,5-6,17H2,1-4H3/t18-/m1/s1. The molecule has 0 radical (unpaired) electrons. The van der Waals surface area contributed by atoms with Crippen LogP contribution in [-0.2, 0) is 11.3 Å². The Balaban J connectivity index is 1.83. The second-order valence-corrected chi connectivity index (χ2v) is 7.59. The van der Waals surface area contributed by atoms with Crippen LogP contribution in [0.25, 0.3) is 5.69 Å². The van der Waals surface area contributed by atoms with E-state index in [0.717, 1.165) is 23.4 Å². The van der Waals surface area contributed by atoms with Crippen LogP contribution in [0.4, 0.5) is 0 Å². The topological polar surface area (TPSA) is 64.4 Å². The van der Waals surface area contributed by atoms with Gasteiger partial charge in [-0.2, -0.15) is 5.10 Å². The molecule has 31 heavy (non-hydrogen) atoms. The van der Waals surface area contributed by atoms with E-state index in [4.69, 9.17) is 4.74 Å². The monoisotopic (exact) mass is 419 g/mol. The van der Waals surface area contributed by atoms with E-state index in [2.05, 4.69) is 18.9 Å². The van der Waals surface area contributed by atoms with E-state index in [-0.39, 0.29) is 11.8 Å². The Morgan fingerprint density at radius 2 is 1.74 bits per heavy atom. The van der Waals surface area contributed by atoms with Crippen LogP contribution in [0.2, 0.25) is 0 Å². The Hall–Kier alpha value is -3.41. The molecular weight excluding hydrogens is 390 g/mol. The van der Waals surface area contributed by atoms with Crippen molar-refractivity contribution in [1.29, 1.82) is 0 Å². The van der Waals surface area contributed by atoms with Crippen molar-refractivity contribution in [3.8, 4) is 5.69 Å². The number of hydrogen-bond acceptors (Lipinski definition) is 4. The minimum absolute atomic E-state index is 0.0507. The number of esters is 1. The Bertz CT molecular complexity index is 1030. The van der Waals surface area contributed by atoms with Gasteiger partial charge in [-0.05, 0) is 55.2 Å². The second kappa shape index (κ2) is 10.1. The third-order valence-electron chi connectivity index (χ3n) is 5.31. The molecule has 3 aromatic rings. The van der Waals surface area contributed by atoms with Crippen LogP contribution in [0.3, 0.4) is 0 Å². The average molecular weight is 420 g/mol. The molecule has 0 N–H and O–H groups in total. The molecule has 162 valence electrons. The molecular formula is C25H29N3O3. The van der Waals surface area contributed by atoms with Gasteiger partial charge in [-0.3, -0.25) is 4.79 Å². The van der Waals surface area contributed by atoms with Crippen molar-refractivity contribution in [3.63, 3.8) is 0 Å². The quantitative estimate of drug-likeness (QED) is 0.490. The first-order chi connectivity index (χ1) is 14.9. The lowest BCUT2D eigenvalue weighted by Gasteiger charge is -2.18. The lowest BCUT2D eigenvalue weighted by molar-refractivity contribution is 0.0518. The van der Waals surface area contributed by atoms with Gasteiger partial charge in [0.25, 0.3) is 5.91 Å². The first-order valence-corrected chi connectivity index (χ1v) is 10.6. The molecule has 0 aliphatic rings. The van der Waals surface area contributed by atoms with Gasteiger partial charge in [0.15, 0.2) is 5.69 Å². The van der Waals surface area contributed by atoms with E-state index in [0.29, 0.717) is 24.4 Å². The van der Waals surface area contributed by atoms with Crippen molar-refractivity contribution >= 4 is 11.9 Å². The van der Waals surface area contributed by atoms with Gasteiger partial charge in [0.1, 0.15) is 0 Å². The van der Waals surface area contributed by atoms with Crippen LogP contribution in [0.1, 0.15) is 65.2 Å². The van der Waals surface area contributed by atoms with Crippen molar-refractivity contribution in [3.05, 3.63) is 83.2 Å². The molecule has 0 saturated carbocycles. The van der Waals surface area contributed by atoms with Crippen LogP contribution < -0.4 is 0 Å². The first-order valence-electron chi connectivity index (χ1n) is 10.6. The summed E-state index contributed by atoms with van der Waals surface area (Å²) >= 11 is 0. The summed E-state index contributed by atoms with van der Waals surface area (Å²) in [5, 5.41) is 4.48. The minimum Gasteiger partial charge on any atom is -0.461 e. The average Bonchev–Trinajstić information content (AvgIpc) is 3.24. The fourth-order valence-corrected chi connectivity index (χ4v) is 3.36. The molecule has 0 aliphatic carbocycles. The maximum atomic E-state index is 12.8. The smallest absolute Gasteiger partial charge is 0.358 e. The predicted molar refractivity (Wildman–Crippen MR) is 120 cm³/mol. The van der Waals surface area contributed by atoms with Crippen molar-refractivity contribution in [2.24, 2.45) is 0 Å². The van der Waals surface area contributed by atoms with Crippen molar-refractivity contribution in [2.75, 3.05) is 13.7 Å². The number of nitrogens with zero attached hydrogens (tertiary/aromatic N) is 3. The molecule has 0 spiro atoms. The number of aromatic nitrogens is 2. The zero-order valence-corrected chi connectivity index (χ0v) is 18.5. The van der Waals surface area contributed by atoms with Crippen molar-refractivity contribution in [2.45, 2.75) is 39.7 Å². The van der Waals surface area contributed by atoms with Crippen LogP contribution in [0.15, 0.2) is 60.7 Å². The normalized spacial score (nSPS) is 11.7. The van der Waals surface area contributed by atoms with E-state index < -0.39 is 5.97 Å². The van der Waals surface area contributed by atoms with Gasteiger partial charge in [0, 0.05) is 24.8 Å². The molecule has 0 fully saturated rings. The number of rotatable bonds is 8. The molecule has 3 rings (SSSR count). The number of carbonyl (C=O) groups excluding carboxylic acids is 2. The summed E-state index contributed by atoms with van der Waals surface area (Å²) in [5.41, 5.74) is 3.71. The van der Waals surface area contributed by atoms with Crippen molar-refractivity contribution in [1.82, 2.24) is 14.7 Å². The molecule has 1 aromatic heterocycles. The molecule has 6 heteroatoms. The molecule has 6 nitrogen and oxygen atoms in total. The highest BCUT2D eigenvalue weighted by atomic mass is 16.5. The van der Waals surface area contributed by atoms with Gasteiger partial charge in [0.2, 0.25) is 0 Å². The minimum atomic E-state index is -0.430. The van der Waals surface area contributed by atoms with Gasteiger partial charge in [-0.25, -0.2) is 9.48 Å². The van der Waals surface area contributed by atoms with Crippen LogP contribution in [-0.4, -0.2) is 40.2 Å². The highest BCUT2D eigenvalue weighted by molar-refractivity contribution is 5.94. The maximum absolute atomic E-state index is 12.8. The maximum Gasteiger partial charge on any atom is 0.358 e. The summed E-state index contributed by atoms with van der Waals surface area (Å²) in [6, 6.07) is 19.0. The van der Waals surface area contributed by atoms with Crippen LogP contribution >= 0.6 is 0 Å². The summed E-state index contributed by atoms with van der Waals surface area (Å²) < 4.78 is 6.87. The Morgan fingerprint density at radius 1 is 1.06 bits per heavy atom. The summed E-state index contributed by atoms with van der Waals surface area (Å²) in [6.07, 6.45) is 0.912. The summed E-state index contributed by atoms with van der Waals surface area (Å²) in [5.74, 6) is -0.264. The highest BCUT2D eigenvalue weighted by Gasteiger charge is 2.20. The lowest BCUT2D eigenvalue weighted by Crippen LogP contribution is -2.26. The van der Waals surface area contributed by atoms with Crippen LogP contribution in [0.5, 0.6) is 0 Å². The fraction of sp³-hybridized carbons (Fsp3) is 0.320. The predicted octanol–water partition coefficient (Wildman–Crippen LogP) is 4.83. The highest BCUT2D eigenvalue weighted by Crippen LogP contribution is 2.24. The van der Waals surface area contributed by atoms with E-state index in [1.54, 1.807) is 41.8 Å². The number of ether oxygens (including phenoxy) is 1. The van der Waals surface area contributed by atoms with Crippen molar-refractivity contribution < 1.29 is 14.3 Å². The molecule has 0 unspecified atom stereocenters. The number of benzene rings is 2. The molecule has 0 bridgehead atoms. The number of carbonyl (C=O) groups is 2. The van der Waals surface area contributed by atoms with Gasteiger partial charge in [-0.15, -0.1) is 0 Å². The number of amides is 1. The molecule has 1 atom stereocenters. The summed E-state index contributed by atoms with van der Waals surface area (Å²) in [7, 11) is 1.80. The van der Waals surface area contributed by atoms with E-state index in [1.807, 2.05) is 42.5 Å². The fourth-order valence-electron chi connectivity index (χ4n) is 3.36. The van der Waals surface area contributed by atoms with Gasteiger partial charge in [-0.1, -0.05) is 44.2 Å².